The van der Waals surface area contributed by atoms with Crippen LogP contribution in [0.25, 0.3) is 44.6 Å². The molecule has 3 saturated heterocycles. The number of pyridine rings is 4. The summed E-state index contributed by atoms with van der Waals surface area (Å²) in [5.41, 5.74) is 7.01. The van der Waals surface area contributed by atoms with Gasteiger partial charge in [0.15, 0.2) is 0 Å². The molecule has 1 atom stereocenters. The van der Waals surface area contributed by atoms with Crippen LogP contribution in [0.4, 0.5) is 37.5 Å². The van der Waals surface area contributed by atoms with E-state index < -0.39 is 6.17 Å². The van der Waals surface area contributed by atoms with Crippen molar-refractivity contribution in [2.75, 3.05) is 92.3 Å². The first-order valence-electron chi connectivity index (χ1n) is 19.6. The van der Waals surface area contributed by atoms with Crippen molar-refractivity contribution in [3.63, 3.8) is 0 Å². The number of alkyl halides is 1. The molecule has 10 rings (SSSR count). The molecule has 0 spiro atoms. The second kappa shape index (κ2) is 16.7. The summed E-state index contributed by atoms with van der Waals surface area (Å²) in [7, 11) is 1.87. The number of fused-ring (bicyclic) bond motifs is 2. The number of nitrogens with one attached hydrogen (secondary N) is 2. The number of ether oxygens (including phenoxy) is 2. The van der Waals surface area contributed by atoms with Crippen LogP contribution in [0.3, 0.4) is 0 Å². The molecule has 0 amide bonds. The van der Waals surface area contributed by atoms with Gasteiger partial charge in [0.1, 0.15) is 46.0 Å². The Bertz CT molecular complexity index is 2470. The van der Waals surface area contributed by atoms with Gasteiger partial charge in [-0.15, -0.1) is 0 Å². The van der Waals surface area contributed by atoms with Crippen LogP contribution < -0.4 is 19.6 Å². The fourth-order valence-electron chi connectivity index (χ4n) is 7.86. The van der Waals surface area contributed by atoms with Crippen molar-refractivity contribution in [2.45, 2.75) is 19.0 Å². The smallest absolute Gasteiger partial charge is 0.146 e. The second-order valence-electron chi connectivity index (χ2n) is 14.4. The number of H-pyrrole nitrogens is 2. The number of rotatable bonds is 7. The van der Waals surface area contributed by atoms with E-state index in [4.69, 9.17) is 19.4 Å². The monoisotopic (exact) mass is 786 g/mol. The van der Waals surface area contributed by atoms with E-state index in [0.29, 0.717) is 50.8 Å². The van der Waals surface area contributed by atoms with Crippen molar-refractivity contribution in [3.05, 3.63) is 91.3 Å². The summed E-state index contributed by atoms with van der Waals surface area (Å²) in [6, 6.07) is 18.5. The molecule has 2 N–H and O–H groups in total. The molecule has 0 radical (unpaired) electrons. The summed E-state index contributed by atoms with van der Waals surface area (Å²) in [6.07, 6.45) is 7.63. The summed E-state index contributed by atoms with van der Waals surface area (Å²) in [4.78, 5) is 27.5. The van der Waals surface area contributed by atoms with Crippen LogP contribution in [0.15, 0.2) is 85.5 Å². The number of halogens is 2. The van der Waals surface area contributed by atoms with Crippen LogP contribution in [0.5, 0.6) is 0 Å². The molecule has 1 unspecified atom stereocenters. The standard InChI is InChI=1S/C22H21FN6O.C20H23FN6O/c1-28(18-5-3-2-4-16(18)23)19-14-20(29-10-12-30-13-11-29)26-21-15(19)6-8-24-22(21)17-7-9-25-27-17;21-14-2-1-7-27(13-14)17-12-18(26-8-10-28-11-9-26)24-19-15(17)3-5-22-20(19)16-4-6-23-25-16/h2-9,14H,10-13H2,1H3,(H,25,27);3-6,12,14H,1-2,7-11,13H2,(H,23,25). The molecule has 1 aromatic carbocycles. The molecule has 9 heterocycles. The number of para-hydroxylation sites is 1. The molecule has 7 aromatic rings. The van der Waals surface area contributed by atoms with Crippen LogP contribution in [-0.2, 0) is 9.47 Å². The van der Waals surface area contributed by atoms with Crippen molar-refractivity contribution in [1.82, 2.24) is 40.3 Å². The second-order valence-corrected chi connectivity index (χ2v) is 14.4. The van der Waals surface area contributed by atoms with Crippen LogP contribution in [0, 0.1) is 5.82 Å². The summed E-state index contributed by atoms with van der Waals surface area (Å²) in [5, 5.41) is 16.0. The van der Waals surface area contributed by atoms with E-state index >= 15 is 0 Å². The highest BCUT2D eigenvalue weighted by atomic mass is 19.1. The highest BCUT2D eigenvalue weighted by Crippen LogP contribution is 2.38. The predicted molar refractivity (Wildman–Crippen MR) is 221 cm³/mol. The molecule has 0 aliphatic carbocycles. The fraction of sp³-hybridized carbons (Fsp3) is 0.333. The van der Waals surface area contributed by atoms with E-state index in [1.807, 2.05) is 48.3 Å². The van der Waals surface area contributed by atoms with Crippen molar-refractivity contribution < 1.29 is 18.3 Å². The maximum atomic E-state index is 14.6. The fourth-order valence-corrected chi connectivity index (χ4v) is 7.86. The largest absolute Gasteiger partial charge is 0.378 e. The van der Waals surface area contributed by atoms with Crippen LogP contribution in [0.2, 0.25) is 0 Å². The van der Waals surface area contributed by atoms with Gasteiger partial charge in [0, 0.05) is 94.0 Å². The number of aromatic nitrogens is 8. The molecular formula is C42H44F2N12O2. The van der Waals surface area contributed by atoms with Gasteiger partial charge in [-0.2, -0.15) is 10.2 Å². The van der Waals surface area contributed by atoms with Gasteiger partial charge < -0.3 is 29.1 Å². The molecule has 6 aromatic heterocycles. The average Bonchev–Trinajstić information content (AvgIpc) is 4.02. The molecular weight excluding hydrogens is 743 g/mol. The predicted octanol–water partition coefficient (Wildman–Crippen LogP) is 6.56. The summed E-state index contributed by atoms with van der Waals surface area (Å²) in [5.74, 6) is 1.43. The van der Waals surface area contributed by atoms with Gasteiger partial charge in [0.05, 0.1) is 54.9 Å². The van der Waals surface area contributed by atoms with E-state index in [2.05, 4.69) is 51.1 Å². The normalized spacial score (nSPS) is 17.4. The Morgan fingerprint density at radius 1 is 0.672 bits per heavy atom. The third-order valence-corrected chi connectivity index (χ3v) is 10.8. The number of benzene rings is 1. The number of nitrogens with zero attached hydrogens (tertiary/aromatic N) is 10. The first kappa shape index (κ1) is 37.3. The van der Waals surface area contributed by atoms with Crippen molar-refractivity contribution in [3.8, 4) is 22.8 Å². The number of anilines is 5. The number of morpholine rings is 2. The minimum atomic E-state index is -0.794. The summed E-state index contributed by atoms with van der Waals surface area (Å²) < 4.78 is 39.7. The topological polar surface area (TPSA) is 140 Å². The zero-order valence-electron chi connectivity index (χ0n) is 32.2. The molecule has 3 aliphatic rings. The quantitative estimate of drug-likeness (QED) is 0.181. The Labute approximate surface area is 333 Å². The Balaban J connectivity index is 0.000000151. The number of aromatic amines is 2. The number of hydrogen-bond acceptors (Lipinski definition) is 12. The van der Waals surface area contributed by atoms with Crippen molar-refractivity contribution in [2.24, 2.45) is 0 Å². The van der Waals surface area contributed by atoms with Crippen molar-refractivity contribution >= 4 is 50.5 Å². The van der Waals surface area contributed by atoms with E-state index in [0.717, 1.165) is 101 Å². The van der Waals surface area contributed by atoms with Gasteiger partial charge in [0.2, 0.25) is 0 Å². The first-order chi connectivity index (χ1) is 28.5. The summed E-state index contributed by atoms with van der Waals surface area (Å²) in [6.45, 7) is 7.04. The van der Waals surface area contributed by atoms with E-state index in [1.54, 1.807) is 36.9 Å². The molecule has 14 nitrogen and oxygen atoms in total. The van der Waals surface area contributed by atoms with E-state index in [-0.39, 0.29) is 5.82 Å². The number of hydrogen-bond donors (Lipinski definition) is 2. The zero-order chi connectivity index (χ0) is 39.4. The lowest BCUT2D eigenvalue weighted by Crippen LogP contribution is -2.38. The highest BCUT2D eigenvalue weighted by molar-refractivity contribution is 6.02. The minimum absolute atomic E-state index is 0.277. The molecule has 298 valence electrons. The van der Waals surface area contributed by atoms with E-state index in [1.165, 1.54) is 6.07 Å². The summed E-state index contributed by atoms with van der Waals surface area (Å²) >= 11 is 0. The lowest BCUT2D eigenvalue weighted by Gasteiger charge is -2.34. The average molecular weight is 787 g/mol. The lowest BCUT2D eigenvalue weighted by atomic mass is 10.1. The minimum Gasteiger partial charge on any atom is -0.378 e. The van der Waals surface area contributed by atoms with Gasteiger partial charge in [-0.25, -0.2) is 18.7 Å². The van der Waals surface area contributed by atoms with Gasteiger partial charge in [-0.1, -0.05) is 12.1 Å². The molecule has 0 saturated carbocycles. The maximum absolute atomic E-state index is 14.6. The third-order valence-electron chi connectivity index (χ3n) is 10.8. The van der Waals surface area contributed by atoms with E-state index in [9.17, 15) is 8.78 Å². The zero-order valence-corrected chi connectivity index (χ0v) is 32.2. The molecule has 58 heavy (non-hydrogen) atoms. The Hall–Kier alpha value is -6.26. The first-order valence-corrected chi connectivity index (χ1v) is 19.6. The van der Waals surface area contributed by atoms with Crippen LogP contribution >= 0.6 is 0 Å². The molecule has 16 heteroatoms. The van der Waals surface area contributed by atoms with Gasteiger partial charge in [-0.05, 0) is 49.2 Å². The maximum Gasteiger partial charge on any atom is 0.146 e. The van der Waals surface area contributed by atoms with Crippen LogP contribution in [0.1, 0.15) is 12.8 Å². The Kier molecular flexibility index (Phi) is 10.7. The Morgan fingerprint density at radius 3 is 1.84 bits per heavy atom. The molecule has 0 bridgehead atoms. The van der Waals surface area contributed by atoms with Gasteiger partial charge >= 0.3 is 0 Å². The highest BCUT2D eigenvalue weighted by Gasteiger charge is 2.25. The lowest BCUT2D eigenvalue weighted by molar-refractivity contribution is 0.122. The third kappa shape index (κ3) is 7.59. The molecule has 3 aliphatic heterocycles. The van der Waals surface area contributed by atoms with Gasteiger partial charge in [0.25, 0.3) is 0 Å². The van der Waals surface area contributed by atoms with Crippen LogP contribution in [-0.4, -0.2) is 119 Å². The number of piperidine rings is 1. The SMILES string of the molecule is CN(c1ccccc1F)c1cc(N2CCOCC2)nc2c(-c3ccn[nH]3)nccc12.FC1CCCN(c2cc(N3CCOCC3)nc3c(-c4ccn[nH]4)nccc23)C1. The van der Waals surface area contributed by atoms with Crippen molar-refractivity contribution in [1.29, 1.82) is 0 Å². The molecule has 3 fully saturated rings. The Morgan fingerprint density at radius 2 is 1.26 bits per heavy atom. The van der Waals surface area contributed by atoms with Gasteiger partial charge in [-0.3, -0.25) is 20.2 Å².